The van der Waals surface area contributed by atoms with Crippen LogP contribution in [0.25, 0.3) is 0 Å². The number of sulfonamides is 1. The first-order valence-corrected chi connectivity index (χ1v) is 8.60. The summed E-state index contributed by atoms with van der Waals surface area (Å²) in [6.07, 6.45) is 2.02. The lowest BCUT2D eigenvalue weighted by Gasteiger charge is -2.19. The molecule has 0 amide bonds. The Morgan fingerprint density at radius 2 is 2.17 bits per heavy atom. The highest BCUT2D eigenvalue weighted by atomic mass is 32.2. The van der Waals surface area contributed by atoms with E-state index in [1.807, 2.05) is 0 Å². The third-order valence-electron chi connectivity index (χ3n) is 3.91. The van der Waals surface area contributed by atoms with Crippen molar-refractivity contribution in [3.05, 3.63) is 16.3 Å². The third kappa shape index (κ3) is 2.77. The second-order valence-electron chi connectivity index (χ2n) is 5.09. The van der Waals surface area contributed by atoms with Crippen molar-refractivity contribution in [2.45, 2.75) is 44.2 Å². The molecule has 1 aliphatic carbocycles. The molecule has 0 radical (unpaired) electrons. The SMILES string of the molecule is CC1CCC(NS(=O)(=O)c2csc(CN)c2)C1C. The van der Waals surface area contributed by atoms with E-state index in [1.54, 1.807) is 11.4 Å². The van der Waals surface area contributed by atoms with Crippen molar-refractivity contribution in [2.24, 2.45) is 17.6 Å². The highest BCUT2D eigenvalue weighted by Gasteiger charge is 2.33. The van der Waals surface area contributed by atoms with Crippen LogP contribution in [0.4, 0.5) is 0 Å². The predicted molar refractivity (Wildman–Crippen MR) is 73.9 cm³/mol. The van der Waals surface area contributed by atoms with Crippen LogP contribution < -0.4 is 10.5 Å². The molecule has 3 N–H and O–H groups in total. The van der Waals surface area contributed by atoms with Crippen LogP contribution in [0, 0.1) is 11.8 Å². The normalized spacial score (nSPS) is 28.7. The maximum absolute atomic E-state index is 12.2. The zero-order chi connectivity index (χ0) is 13.3. The van der Waals surface area contributed by atoms with Crippen LogP contribution in [0.3, 0.4) is 0 Å². The molecule has 4 nitrogen and oxygen atoms in total. The molecule has 3 unspecified atom stereocenters. The van der Waals surface area contributed by atoms with E-state index in [9.17, 15) is 8.42 Å². The highest BCUT2D eigenvalue weighted by Crippen LogP contribution is 2.32. The summed E-state index contributed by atoms with van der Waals surface area (Å²) in [5.74, 6) is 0.979. The molecule has 0 bridgehead atoms. The van der Waals surface area contributed by atoms with Crippen LogP contribution >= 0.6 is 11.3 Å². The summed E-state index contributed by atoms with van der Waals surface area (Å²) in [7, 11) is -3.38. The van der Waals surface area contributed by atoms with Crippen molar-refractivity contribution in [1.29, 1.82) is 0 Å². The summed E-state index contributed by atoms with van der Waals surface area (Å²) in [6.45, 7) is 4.68. The lowest BCUT2D eigenvalue weighted by molar-refractivity contribution is 0.402. The minimum absolute atomic E-state index is 0.0613. The number of hydrogen-bond acceptors (Lipinski definition) is 4. The smallest absolute Gasteiger partial charge is 0.241 e. The van der Waals surface area contributed by atoms with Gasteiger partial charge < -0.3 is 5.73 Å². The quantitative estimate of drug-likeness (QED) is 0.889. The van der Waals surface area contributed by atoms with Crippen LogP contribution in [0.1, 0.15) is 31.6 Å². The molecule has 0 aliphatic heterocycles. The largest absolute Gasteiger partial charge is 0.326 e. The van der Waals surface area contributed by atoms with Gasteiger partial charge in [0.1, 0.15) is 0 Å². The summed E-state index contributed by atoms with van der Waals surface area (Å²) in [5.41, 5.74) is 5.51. The van der Waals surface area contributed by atoms with Gasteiger partial charge in [-0.1, -0.05) is 13.8 Å². The number of nitrogens with one attached hydrogen (secondary N) is 1. The van der Waals surface area contributed by atoms with E-state index in [2.05, 4.69) is 18.6 Å². The van der Waals surface area contributed by atoms with Gasteiger partial charge in [-0.3, -0.25) is 0 Å². The molecule has 18 heavy (non-hydrogen) atoms. The fourth-order valence-electron chi connectivity index (χ4n) is 2.41. The molecular formula is C12H20N2O2S2. The van der Waals surface area contributed by atoms with Crippen LogP contribution in [0.15, 0.2) is 16.3 Å². The first kappa shape index (κ1) is 14.0. The fourth-order valence-corrected chi connectivity index (χ4v) is 4.92. The molecule has 1 aromatic rings. The molecule has 0 spiro atoms. The van der Waals surface area contributed by atoms with Crippen molar-refractivity contribution >= 4 is 21.4 Å². The summed E-state index contributed by atoms with van der Waals surface area (Å²) in [6, 6.07) is 1.72. The Morgan fingerprint density at radius 1 is 1.44 bits per heavy atom. The van der Waals surface area contributed by atoms with Gasteiger partial charge in [0.2, 0.25) is 10.0 Å². The maximum Gasteiger partial charge on any atom is 0.241 e. The third-order valence-corrected chi connectivity index (χ3v) is 6.49. The molecule has 6 heteroatoms. The topological polar surface area (TPSA) is 72.2 Å². The Balaban J connectivity index is 2.12. The summed E-state index contributed by atoms with van der Waals surface area (Å²) >= 11 is 1.39. The first-order valence-electron chi connectivity index (χ1n) is 6.24. The van der Waals surface area contributed by atoms with E-state index in [-0.39, 0.29) is 6.04 Å². The van der Waals surface area contributed by atoms with Crippen LogP contribution in [-0.2, 0) is 16.6 Å². The molecule has 0 aromatic carbocycles. The molecule has 2 rings (SSSR count). The number of rotatable bonds is 4. The Bertz CT molecular complexity index is 510. The van der Waals surface area contributed by atoms with Gasteiger partial charge in [-0.25, -0.2) is 13.1 Å². The van der Waals surface area contributed by atoms with Crippen molar-refractivity contribution < 1.29 is 8.42 Å². The fraction of sp³-hybridized carbons (Fsp3) is 0.667. The average molecular weight is 288 g/mol. The Hall–Kier alpha value is -0.430. The number of hydrogen-bond donors (Lipinski definition) is 2. The Labute approximate surface area is 113 Å². The zero-order valence-electron chi connectivity index (χ0n) is 10.7. The summed E-state index contributed by atoms with van der Waals surface area (Å²) in [4.78, 5) is 1.24. The molecule has 1 fully saturated rings. The van der Waals surface area contributed by atoms with Crippen molar-refractivity contribution in [3.8, 4) is 0 Å². The Morgan fingerprint density at radius 3 is 2.67 bits per heavy atom. The van der Waals surface area contributed by atoms with E-state index in [4.69, 9.17) is 5.73 Å². The molecule has 3 atom stereocenters. The lowest BCUT2D eigenvalue weighted by Crippen LogP contribution is -2.37. The predicted octanol–water partition coefficient (Wildman–Crippen LogP) is 1.92. The first-order chi connectivity index (χ1) is 8.44. The number of nitrogens with two attached hydrogens (primary N) is 1. The summed E-state index contributed by atoms with van der Waals surface area (Å²) < 4.78 is 27.3. The molecule has 0 saturated heterocycles. The van der Waals surface area contributed by atoms with Gasteiger partial charge in [0, 0.05) is 22.8 Å². The minimum atomic E-state index is -3.38. The van der Waals surface area contributed by atoms with Gasteiger partial charge in [-0.2, -0.15) is 0 Å². The molecule has 102 valence electrons. The Kier molecular flexibility index (Phi) is 4.11. The van der Waals surface area contributed by atoms with E-state index < -0.39 is 10.0 Å². The maximum atomic E-state index is 12.2. The second kappa shape index (κ2) is 5.28. The summed E-state index contributed by atoms with van der Waals surface area (Å²) in [5, 5.41) is 1.66. The minimum Gasteiger partial charge on any atom is -0.326 e. The highest BCUT2D eigenvalue weighted by molar-refractivity contribution is 7.89. The van der Waals surface area contributed by atoms with E-state index >= 15 is 0 Å². The van der Waals surface area contributed by atoms with Gasteiger partial charge >= 0.3 is 0 Å². The van der Waals surface area contributed by atoms with Gasteiger partial charge in [-0.15, -0.1) is 11.3 Å². The standard InChI is InChI=1S/C12H20N2O2S2/c1-8-3-4-12(9(8)2)14-18(15,16)11-5-10(6-13)17-7-11/h5,7-9,12,14H,3-4,6,13H2,1-2H3. The van der Waals surface area contributed by atoms with Crippen molar-refractivity contribution in [2.75, 3.05) is 0 Å². The molecule has 1 aliphatic rings. The van der Waals surface area contributed by atoms with E-state index in [0.717, 1.165) is 17.7 Å². The van der Waals surface area contributed by atoms with E-state index in [1.165, 1.54) is 11.3 Å². The molecule has 1 heterocycles. The monoisotopic (exact) mass is 288 g/mol. The zero-order valence-corrected chi connectivity index (χ0v) is 12.4. The van der Waals surface area contributed by atoms with Gasteiger partial charge in [0.05, 0.1) is 4.90 Å². The number of thiophene rings is 1. The van der Waals surface area contributed by atoms with Crippen LogP contribution in [0.5, 0.6) is 0 Å². The molecule has 1 aromatic heterocycles. The molecule has 1 saturated carbocycles. The lowest BCUT2D eigenvalue weighted by atomic mass is 9.98. The second-order valence-corrected chi connectivity index (χ2v) is 7.80. The van der Waals surface area contributed by atoms with Gasteiger partial charge in [-0.05, 0) is 30.7 Å². The van der Waals surface area contributed by atoms with Crippen LogP contribution in [-0.4, -0.2) is 14.5 Å². The molecular weight excluding hydrogens is 268 g/mol. The van der Waals surface area contributed by atoms with Gasteiger partial charge in [0.25, 0.3) is 0 Å². The van der Waals surface area contributed by atoms with E-state index in [0.29, 0.717) is 23.3 Å². The average Bonchev–Trinajstić information content (AvgIpc) is 2.91. The van der Waals surface area contributed by atoms with Crippen LogP contribution in [0.2, 0.25) is 0 Å². The van der Waals surface area contributed by atoms with Crippen molar-refractivity contribution in [3.63, 3.8) is 0 Å². The van der Waals surface area contributed by atoms with Crippen molar-refractivity contribution in [1.82, 2.24) is 4.72 Å². The van der Waals surface area contributed by atoms with Gasteiger partial charge in [0.15, 0.2) is 0 Å².